The number of hydrogen-bond acceptors (Lipinski definition) is 4. The Kier molecular flexibility index (Phi) is 4.20. The van der Waals surface area contributed by atoms with Crippen LogP contribution < -0.4 is 10.9 Å². The number of aliphatic hydroxyl groups is 1. The molecule has 2 atom stereocenters. The van der Waals surface area contributed by atoms with Crippen molar-refractivity contribution >= 4 is 5.91 Å². The zero-order valence-electron chi connectivity index (χ0n) is 12.6. The lowest BCUT2D eigenvalue weighted by Crippen LogP contribution is -2.68. The van der Waals surface area contributed by atoms with E-state index in [0.29, 0.717) is 13.0 Å². The molecule has 2 unspecified atom stereocenters. The summed E-state index contributed by atoms with van der Waals surface area (Å²) in [6.45, 7) is 6.49. The van der Waals surface area contributed by atoms with Crippen LogP contribution in [0.1, 0.15) is 37.7 Å². The van der Waals surface area contributed by atoms with E-state index in [1.807, 2.05) is 20.8 Å². The highest BCUT2D eigenvalue weighted by atomic mass is 16.5. The van der Waals surface area contributed by atoms with Gasteiger partial charge in [0.1, 0.15) is 5.69 Å². The number of ether oxygens (including phenoxy) is 1. The maximum Gasteiger partial charge on any atom is 0.267 e. The van der Waals surface area contributed by atoms with Gasteiger partial charge in [-0.15, -0.1) is 0 Å². The Morgan fingerprint density at radius 1 is 1.52 bits per heavy atom. The lowest BCUT2D eigenvalue weighted by atomic mass is 9.56. The van der Waals surface area contributed by atoms with Gasteiger partial charge in [-0.05, 0) is 13.0 Å². The predicted octanol–water partition coefficient (Wildman–Crippen LogP) is 0.671. The maximum atomic E-state index is 12.0. The highest BCUT2D eigenvalue weighted by Gasteiger charge is 2.59. The molecule has 21 heavy (non-hydrogen) atoms. The Labute approximate surface area is 123 Å². The zero-order valence-corrected chi connectivity index (χ0v) is 12.6. The predicted molar refractivity (Wildman–Crippen MR) is 78.2 cm³/mol. The molecule has 116 valence electrons. The third kappa shape index (κ3) is 2.87. The van der Waals surface area contributed by atoms with E-state index in [9.17, 15) is 14.7 Å². The van der Waals surface area contributed by atoms with Crippen molar-refractivity contribution in [2.24, 2.45) is 5.41 Å². The van der Waals surface area contributed by atoms with E-state index >= 15 is 0 Å². The fourth-order valence-corrected chi connectivity index (χ4v) is 2.66. The molecular weight excluding hydrogens is 272 g/mol. The quantitative estimate of drug-likeness (QED) is 0.744. The number of H-pyrrole nitrogens is 1. The van der Waals surface area contributed by atoms with Crippen LogP contribution in [0.3, 0.4) is 0 Å². The fourth-order valence-electron chi connectivity index (χ4n) is 2.66. The molecule has 1 aliphatic rings. The summed E-state index contributed by atoms with van der Waals surface area (Å²) in [4.78, 5) is 25.6. The number of rotatable bonds is 5. The van der Waals surface area contributed by atoms with Crippen LogP contribution in [-0.2, 0) is 4.74 Å². The molecule has 1 aromatic heterocycles. The summed E-state index contributed by atoms with van der Waals surface area (Å²) in [5.41, 5.74) is -1.58. The molecule has 2 rings (SSSR count). The van der Waals surface area contributed by atoms with Crippen molar-refractivity contribution in [2.75, 3.05) is 13.2 Å². The van der Waals surface area contributed by atoms with Gasteiger partial charge >= 0.3 is 0 Å². The van der Waals surface area contributed by atoms with Crippen molar-refractivity contribution < 1.29 is 14.6 Å². The monoisotopic (exact) mass is 294 g/mol. The lowest BCUT2D eigenvalue weighted by molar-refractivity contribution is -0.237. The van der Waals surface area contributed by atoms with Gasteiger partial charge in [0.25, 0.3) is 5.91 Å². The highest BCUT2D eigenvalue weighted by molar-refractivity contribution is 5.92. The number of aromatic amines is 1. The van der Waals surface area contributed by atoms with Gasteiger partial charge < -0.3 is 20.1 Å². The van der Waals surface area contributed by atoms with Gasteiger partial charge in [-0.1, -0.05) is 19.9 Å². The molecule has 1 saturated carbocycles. The van der Waals surface area contributed by atoms with Gasteiger partial charge in [-0.25, -0.2) is 0 Å². The molecular formula is C15H22N2O4. The number of amides is 1. The average Bonchev–Trinajstić information content (AvgIpc) is 2.44. The van der Waals surface area contributed by atoms with Crippen LogP contribution in [0.2, 0.25) is 0 Å². The molecule has 0 bridgehead atoms. The highest BCUT2D eigenvalue weighted by Crippen LogP contribution is 2.50. The number of hydrogen-bond donors (Lipinski definition) is 3. The summed E-state index contributed by atoms with van der Waals surface area (Å²) in [7, 11) is 0. The molecule has 1 heterocycles. The van der Waals surface area contributed by atoms with E-state index in [-0.39, 0.29) is 23.9 Å². The molecule has 6 nitrogen and oxygen atoms in total. The topological polar surface area (TPSA) is 91.4 Å². The third-order valence-corrected chi connectivity index (χ3v) is 4.45. The van der Waals surface area contributed by atoms with Crippen LogP contribution in [-0.4, -0.2) is 40.9 Å². The van der Waals surface area contributed by atoms with Crippen LogP contribution >= 0.6 is 0 Å². The molecule has 0 aliphatic heterocycles. The second-order valence-electron chi connectivity index (χ2n) is 6.01. The fraction of sp³-hybridized carbons (Fsp3) is 0.600. The minimum absolute atomic E-state index is 0.0130. The first-order valence-electron chi connectivity index (χ1n) is 7.11. The van der Waals surface area contributed by atoms with E-state index < -0.39 is 16.9 Å². The van der Waals surface area contributed by atoms with Gasteiger partial charge in [0.2, 0.25) is 5.56 Å². The standard InChI is InChI=1S/C15H22N2O4/c1-4-21-11-8-15(20,14(11,2)3)9-16-13(19)10-6-5-7-12(18)17-10/h5-7,11,20H,4,8-9H2,1-3H3,(H,16,19)(H,17,18). The van der Waals surface area contributed by atoms with Gasteiger partial charge in [-0.2, -0.15) is 0 Å². The van der Waals surface area contributed by atoms with Crippen LogP contribution in [0, 0.1) is 5.41 Å². The van der Waals surface area contributed by atoms with E-state index in [1.54, 1.807) is 0 Å². The van der Waals surface area contributed by atoms with E-state index in [2.05, 4.69) is 10.3 Å². The van der Waals surface area contributed by atoms with E-state index in [0.717, 1.165) is 0 Å². The van der Waals surface area contributed by atoms with Crippen molar-refractivity contribution in [3.05, 3.63) is 34.2 Å². The average molecular weight is 294 g/mol. The van der Waals surface area contributed by atoms with Gasteiger partial charge in [0.15, 0.2) is 0 Å². The normalized spacial score (nSPS) is 27.0. The maximum absolute atomic E-state index is 12.0. The zero-order chi connectivity index (χ0) is 15.7. The molecule has 1 aromatic rings. The molecule has 0 aromatic carbocycles. The Morgan fingerprint density at radius 3 is 2.81 bits per heavy atom. The number of aromatic nitrogens is 1. The van der Waals surface area contributed by atoms with E-state index in [4.69, 9.17) is 4.74 Å². The Balaban J connectivity index is 1.97. The number of pyridine rings is 1. The third-order valence-electron chi connectivity index (χ3n) is 4.45. The summed E-state index contributed by atoms with van der Waals surface area (Å²) in [5.74, 6) is -0.406. The molecule has 0 saturated heterocycles. The number of nitrogens with one attached hydrogen (secondary N) is 2. The molecule has 1 amide bonds. The summed E-state index contributed by atoms with van der Waals surface area (Å²) in [6.07, 6.45) is 0.473. The van der Waals surface area contributed by atoms with Crippen molar-refractivity contribution in [3.8, 4) is 0 Å². The first-order chi connectivity index (χ1) is 9.80. The van der Waals surface area contributed by atoms with Crippen molar-refractivity contribution in [1.82, 2.24) is 10.3 Å². The van der Waals surface area contributed by atoms with Crippen molar-refractivity contribution in [1.29, 1.82) is 0 Å². The first kappa shape index (κ1) is 15.7. The molecule has 1 fully saturated rings. The Morgan fingerprint density at radius 2 is 2.24 bits per heavy atom. The SMILES string of the molecule is CCOC1CC(O)(CNC(=O)c2cccc(=O)[nH]2)C1(C)C. The van der Waals surface area contributed by atoms with Crippen molar-refractivity contribution in [2.45, 2.75) is 38.9 Å². The molecule has 0 radical (unpaired) electrons. The minimum Gasteiger partial charge on any atom is -0.387 e. The summed E-state index contributed by atoms with van der Waals surface area (Å²) in [6, 6.07) is 4.38. The molecule has 6 heteroatoms. The van der Waals surface area contributed by atoms with Gasteiger partial charge in [0, 0.05) is 31.1 Å². The largest absolute Gasteiger partial charge is 0.387 e. The minimum atomic E-state index is -1.00. The van der Waals surface area contributed by atoms with Crippen LogP contribution in [0.15, 0.2) is 23.0 Å². The first-order valence-corrected chi connectivity index (χ1v) is 7.11. The molecule has 1 aliphatic carbocycles. The molecule has 0 spiro atoms. The van der Waals surface area contributed by atoms with Crippen LogP contribution in [0.5, 0.6) is 0 Å². The second-order valence-corrected chi connectivity index (χ2v) is 6.01. The second kappa shape index (κ2) is 5.61. The smallest absolute Gasteiger partial charge is 0.267 e. The van der Waals surface area contributed by atoms with E-state index in [1.165, 1.54) is 18.2 Å². The summed E-state index contributed by atoms with van der Waals surface area (Å²) >= 11 is 0. The summed E-state index contributed by atoms with van der Waals surface area (Å²) in [5, 5.41) is 13.3. The Bertz CT molecular complexity index is 581. The molecule has 3 N–H and O–H groups in total. The number of carbonyl (C=O) groups is 1. The van der Waals surface area contributed by atoms with Crippen LogP contribution in [0.4, 0.5) is 0 Å². The number of carbonyl (C=O) groups excluding carboxylic acids is 1. The van der Waals surface area contributed by atoms with Crippen molar-refractivity contribution in [3.63, 3.8) is 0 Å². The summed E-state index contributed by atoms with van der Waals surface area (Å²) < 4.78 is 5.58. The lowest BCUT2D eigenvalue weighted by Gasteiger charge is -2.57. The van der Waals surface area contributed by atoms with Crippen LogP contribution in [0.25, 0.3) is 0 Å². The Hall–Kier alpha value is -1.66. The van der Waals surface area contributed by atoms with Gasteiger partial charge in [-0.3, -0.25) is 9.59 Å². The van der Waals surface area contributed by atoms with Gasteiger partial charge in [0.05, 0.1) is 11.7 Å².